The van der Waals surface area contributed by atoms with E-state index in [-0.39, 0.29) is 6.10 Å². The van der Waals surface area contributed by atoms with E-state index in [1.54, 1.807) is 0 Å². The summed E-state index contributed by atoms with van der Waals surface area (Å²) in [6.07, 6.45) is 1.36. The number of imidazole rings is 1. The van der Waals surface area contributed by atoms with E-state index in [0.29, 0.717) is 11.8 Å². The fourth-order valence-electron chi connectivity index (χ4n) is 2.74. The molecule has 0 radical (unpaired) electrons. The van der Waals surface area contributed by atoms with E-state index in [1.807, 2.05) is 18.2 Å². The Balaban J connectivity index is 2.05. The second-order valence-electron chi connectivity index (χ2n) is 5.00. The Morgan fingerprint density at radius 2 is 2.32 bits per heavy atom. The lowest BCUT2D eigenvalue weighted by Crippen LogP contribution is -2.19. The van der Waals surface area contributed by atoms with Crippen molar-refractivity contribution in [2.75, 3.05) is 6.61 Å². The highest BCUT2D eigenvalue weighted by Gasteiger charge is 2.26. The van der Waals surface area contributed by atoms with Gasteiger partial charge in [-0.2, -0.15) is 0 Å². The van der Waals surface area contributed by atoms with E-state index in [2.05, 4.69) is 16.5 Å². The van der Waals surface area contributed by atoms with Crippen molar-refractivity contribution in [3.8, 4) is 0 Å². The second kappa shape index (κ2) is 5.31. The van der Waals surface area contributed by atoms with Crippen molar-refractivity contribution in [1.29, 1.82) is 0 Å². The van der Waals surface area contributed by atoms with Gasteiger partial charge in [0.25, 0.3) is 0 Å². The van der Waals surface area contributed by atoms with Gasteiger partial charge in [0.05, 0.1) is 28.0 Å². The fraction of sp³-hybridized carbons (Fsp3) is 0.500. The third-order valence-corrected chi connectivity index (χ3v) is 4.41. The van der Waals surface area contributed by atoms with Crippen LogP contribution in [0.1, 0.15) is 19.2 Å². The minimum atomic E-state index is 0.281. The summed E-state index contributed by atoms with van der Waals surface area (Å²) in [5.41, 5.74) is 1.90. The van der Waals surface area contributed by atoms with Crippen LogP contribution in [-0.2, 0) is 17.2 Å². The third kappa shape index (κ3) is 2.35. The molecule has 2 aromatic rings. The van der Waals surface area contributed by atoms with Crippen LogP contribution >= 0.6 is 23.2 Å². The molecule has 0 N–H and O–H groups in total. The molecule has 3 rings (SSSR count). The second-order valence-corrected chi connectivity index (χ2v) is 5.68. The number of para-hydroxylation sites is 1. The molecule has 1 aliphatic rings. The van der Waals surface area contributed by atoms with Crippen LogP contribution in [0.25, 0.3) is 11.0 Å². The molecule has 1 fully saturated rings. The lowest BCUT2D eigenvalue weighted by atomic mass is 10.0. The number of benzene rings is 1. The number of hydrogen-bond acceptors (Lipinski definition) is 2. The molecular formula is C14H16Cl2N2O. The van der Waals surface area contributed by atoms with Crippen molar-refractivity contribution < 1.29 is 4.74 Å². The van der Waals surface area contributed by atoms with Gasteiger partial charge in [-0.1, -0.05) is 17.7 Å². The van der Waals surface area contributed by atoms with Crippen molar-refractivity contribution in [3.05, 3.63) is 29.0 Å². The molecule has 19 heavy (non-hydrogen) atoms. The zero-order valence-electron chi connectivity index (χ0n) is 10.8. The Kier molecular flexibility index (Phi) is 3.70. The van der Waals surface area contributed by atoms with Gasteiger partial charge in [-0.15, -0.1) is 11.6 Å². The van der Waals surface area contributed by atoms with E-state index in [1.165, 1.54) is 0 Å². The van der Waals surface area contributed by atoms with Crippen molar-refractivity contribution in [1.82, 2.24) is 9.55 Å². The first-order valence-electron chi connectivity index (χ1n) is 6.52. The lowest BCUT2D eigenvalue weighted by molar-refractivity contribution is 0.102. The Labute approximate surface area is 122 Å². The molecule has 5 heteroatoms. The molecule has 0 spiro atoms. The predicted octanol–water partition coefficient (Wildman–Crippen LogP) is 3.85. The minimum absolute atomic E-state index is 0.281. The molecule has 0 bridgehead atoms. The van der Waals surface area contributed by atoms with E-state index in [0.717, 1.165) is 41.5 Å². The normalized spacial score (nSPS) is 23.3. The van der Waals surface area contributed by atoms with Crippen LogP contribution in [0.3, 0.4) is 0 Å². The molecule has 0 aliphatic carbocycles. The molecular weight excluding hydrogens is 283 g/mol. The number of rotatable bonds is 3. The first-order valence-corrected chi connectivity index (χ1v) is 7.43. The quantitative estimate of drug-likeness (QED) is 0.805. The maximum absolute atomic E-state index is 6.32. The highest BCUT2D eigenvalue weighted by molar-refractivity contribution is 6.35. The van der Waals surface area contributed by atoms with E-state index >= 15 is 0 Å². The molecule has 2 heterocycles. The molecule has 1 aromatic carbocycles. The maximum Gasteiger partial charge on any atom is 0.124 e. The average molecular weight is 299 g/mol. The molecule has 2 unspecified atom stereocenters. The van der Waals surface area contributed by atoms with Crippen LogP contribution in [0.2, 0.25) is 5.02 Å². The zero-order valence-corrected chi connectivity index (χ0v) is 12.3. The molecule has 2 atom stereocenters. The molecule has 1 aromatic heterocycles. The van der Waals surface area contributed by atoms with Crippen molar-refractivity contribution >= 4 is 34.2 Å². The van der Waals surface area contributed by atoms with Crippen LogP contribution in [0.5, 0.6) is 0 Å². The molecule has 1 aliphatic heterocycles. The summed E-state index contributed by atoms with van der Waals surface area (Å²) in [6.45, 7) is 3.82. The Bertz CT molecular complexity index is 596. The summed E-state index contributed by atoms with van der Waals surface area (Å²) in [7, 11) is 0. The van der Waals surface area contributed by atoms with Crippen LogP contribution in [0, 0.1) is 5.92 Å². The summed E-state index contributed by atoms with van der Waals surface area (Å²) in [4.78, 5) is 4.56. The summed E-state index contributed by atoms with van der Waals surface area (Å²) >= 11 is 12.3. The molecule has 0 amide bonds. The number of hydrogen-bond donors (Lipinski definition) is 0. The predicted molar refractivity (Wildman–Crippen MR) is 77.8 cm³/mol. The highest BCUT2D eigenvalue weighted by atomic mass is 35.5. The largest absolute Gasteiger partial charge is 0.378 e. The minimum Gasteiger partial charge on any atom is -0.378 e. The van der Waals surface area contributed by atoms with Gasteiger partial charge in [0.2, 0.25) is 0 Å². The Hall–Kier alpha value is -0.770. The van der Waals surface area contributed by atoms with Gasteiger partial charge in [-0.25, -0.2) is 4.98 Å². The smallest absolute Gasteiger partial charge is 0.124 e. The van der Waals surface area contributed by atoms with Gasteiger partial charge in [-0.05, 0) is 25.5 Å². The maximum atomic E-state index is 6.32. The Morgan fingerprint density at radius 3 is 3.00 bits per heavy atom. The van der Waals surface area contributed by atoms with E-state index < -0.39 is 0 Å². The van der Waals surface area contributed by atoms with Crippen molar-refractivity contribution in [2.24, 2.45) is 5.92 Å². The molecule has 1 saturated heterocycles. The first-order chi connectivity index (χ1) is 9.20. The molecule has 0 saturated carbocycles. The third-order valence-electron chi connectivity index (χ3n) is 3.87. The van der Waals surface area contributed by atoms with Gasteiger partial charge >= 0.3 is 0 Å². The summed E-state index contributed by atoms with van der Waals surface area (Å²) in [5, 5.41) is 0.730. The van der Waals surface area contributed by atoms with E-state index in [9.17, 15) is 0 Å². The Morgan fingerprint density at radius 1 is 1.47 bits per heavy atom. The number of nitrogens with zero attached hydrogens (tertiary/aromatic N) is 2. The van der Waals surface area contributed by atoms with Gasteiger partial charge in [0, 0.05) is 19.1 Å². The van der Waals surface area contributed by atoms with Crippen LogP contribution in [0.15, 0.2) is 18.2 Å². The standard InChI is InChI=1S/C14H16Cl2N2O/c1-9-10(5-6-19-9)8-18-13(7-15)17-12-4-2-3-11(16)14(12)18/h2-4,9-10H,5-8H2,1H3. The average Bonchev–Trinajstić information content (AvgIpc) is 2.96. The van der Waals surface area contributed by atoms with E-state index in [4.69, 9.17) is 27.9 Å². The first kappa shape index (κ1) is 13.2. The number of halogens is 2. The SMILES string of the molecule is CC1OCCC1Cn1c(CCl)nc2cccc(Cl)c21. The van der Waals surface area contributed by atoms with Gasteiger partial charge in [0.1, 0.15) is 5.82 Å². The topological polar surface area (TPSA) is 27.1 Å². The number of aromatic nitrogens is 2. The number of alkyl halides is 1. The van der Waals surface area contributed by atoms with Crippen LogP contribution in [-0.4, -0.2) is 22.3 Å². The number of ether oxygens (including phenoxy) is 1. The highest BCUT2D eigenvalue weighted by Crippen LogP contribution is 2.29. The monoisotopic (exact) mass is 298 g/mol. The fourth-order valence-corrected chi connectivity index (χ4v) is 3.21. The van der Waals surface area contributed by atoms with Gasteiger partial charge in [0.15, 0.2) is 0 Å². The van der Waals surface area contributed by atoms with Crippen molar-refractivity contribution in [3.63, 3.8) is 0 Å². The van der Waals surface area contributed by atoms with Gasteiger partial charge < -0.3 is 9.30 Å². The lowest BCUT2D eigenvalue weighted by Gasteiger charge is -2.17. The van der Waals surface area contributed by atoms with Crippen molar-refractivity contribution in [2.45, 2.75) is 31.9 Å². The summed E-state index contributed by atoms with van der Waals surface area (Å²) in [5.74, 6) is 1.77. The molecule has 3 nitrogen and oxygen atoms in total. The van der Waals surface area contributed by atoms with Crippen LogP contribution < -0.4 is 0 Å². The molecule has 102 valence electrons. The van der Waals surface area contributed by atoms with Gasteiger partial charge in [-0.3, -0.25) is 0 Å². The summed E-state index contributed by atoms with van der Waals surface area (Å²) < 4.78 is 7.78. The summed E-state index contributed by atoms with van der Waals surface area (Å²) in [6, 6.07) is 5.79. The van der Waals surface area contributed by atoms with Crippen LogP contribution in [0.4, 0.5) is 0 Å². The zero-order chi connectivity index (χ0) is 13.4. The number of fused-ring (bicyclic) bond motifs is 1.